The first-order valence-electron chi connectivity index (χ1n) is 10.4. The van der Waals surface area contributed by atoms with Crippen molar-refractivity contribution in [3.63, 3.8) is 0 Å². The van der Waals surface area contributed by atoms with Gasteiger partial charge in [0.05, 0.1) is 11.9 Å². The van der Waals surface area contributed by atoms with Gasteiger partial charge in [-0.15, -0.1) is 37.2 Å². The van der Waals surface area contributed by atoms with Gasteiger partial charge >= 0.3 is 0 Å². The fraction of sp³-hybridized carbons (Fsp3) is 0.409. The number of aromatic nitrogens is 4. The molecule has 33 heavy (non-hydrogen) atoms. The van der Waals surface area contributed by atoms with E-state index in [4.69, 9.17) is 0 Å². The van der Waals surface area contributed by atoms with E-state index in [9.17, 15) is 4.39 Å². The van der Waals surface area contributed by atoms with Crippen molar-refractivity contribution in [3.05, 3.63) is 58.8 Å². The largest absolute Gasteiger partial charge is 0.324 e. The van der Waals surface area contributed by atoms with Crippen molar-refractivity contribution >= 4 is 48.9 Å². The first-order chi connectivity index (χ1) is 14.5. The Morgan fingerprint density at radius 2 is 1.73 bits per heavy atom. The molecule has 0 unspecified atom stereocenters. The zero-order valence-electron chi connectivity index (χ0n) is 18.9. The summed E-state index contributed by atoms with van der Waals surface area (Å²) in [6, 6.07) is 6.59. The zero-order valence-corrected chi connectivity index (χ0v) is 21.3. The number of aryl methyl sites for hydroxylation is 3. The van der Waals surface area contributed by atoms with Crippen molar-refractivity contribution in [2.45, 2.75) is 46.2 Å². The van der Waals surface area contributed by atoms with E-state index < -0.39 is 5.82 Å². The summed E-state index contributed by atoms with van der Waals surface area (Å²) in [5, 5.41) is 14.6. The lowest BCUT2D eigenvalue weighted by molar-refractivity contribution is 0.386. The maximum absolute atomic E-state index is 14.5. The predicted octanol–water partition coefficient (Wildman–Crippen LogP) is 4.58. The van der Waals surface area contributed by atoms with Crippen molar-refractivity contribution in [2.75, 3.05) is 18.4 Å². The Balaban J connectivity index is 0.00000181. The van der Waals surface area contributed by atoms with E-state index in [0.717, 1.165) is 54.0 Å². The highest BCUT2D eigenvalue weighted by molar-refractivity contribution is 5.86. The van der Waals surface area contributed by atoms with Crippen LogP contribution in [0.1, 0.15) is 35.2 Å². The molecule has 0 spiro atoms. The summed E-state index contributed by atoms with van der Waals surface area (Å²) in [5.74, 6) is -0.0478. The van der Waals surface area contributed by atoms with E-state index >= 15 is 0 Å². The SMILES string of the molecule is Cc1cc(C)cc(Nc2ncc(F)c(-n3cc(CNC4CCNCC4)c(C)n3)n2)c1.Cl.Cl.Cl. The molecule has 0 saturated carbocycles. The molecule has 1 saturated heterocycles. The molecule has 0 bridgehead atoms. The van der Waals surface area contributed by atoms with E-state index in [-0.39, 0.29) is 43.0 Å². The van der Waals surface area contributed by atoms with Gasteiger partial charge in [0.25, 0.3) is 0 Å². The Labute approximate surface area is 212 Å². The number of benzene rings is 1. The first-order valence-corrected chi connectivity index (χ1v) is 10.4. The molecule has 3 N–H and O–H groups in total. The number of nitrogens with one attached hydrogen (secondary N) is 3. The Hall–Kier alpha value is -1.97. The summed E-state index contributed by atoms with van der Waals surface area (Å²) in [5.41, 5.74) is 5.03. The molecule has 0 aliphatic carbocycles. The van der Waals surface area contributed by atoms with Crippen LogP contribution in [-0.2, 0) is 6.54 Å². The van der Waals surface area contributed by atoms with Gasteiger partial charge in [0, 0.05) is 30.0 Å². The first kappa shape index (κ1) is 29.1. The van der Waals surface area contributed by atoms with Crippen LogP contribution < -0.4 is 16.0 Å². The summed E-state index contributed by atoms with van der Waals surface area (Å²) in [4.78, 5) is 8.47. The van der Waals surface area contributed by atoms with E-state index in [0.29, 0.717) is 18.5 Å². The third kappa shape index (κ3) is 7.52. The smallest absolute Gasteiger partial charge is 0.229 e. The van der Waals surface area contributed by atoms with Crippen molar-refractivity contribution in [1.82, 2.24) is 30.4 Å². The van der Waals surface area contributed by atoms with E-state index in [1.165, 1.54) is 10.9 Å². The quantitative estimate of drug-likeness (QED) is 0.443. The minimum absolute atomic E-state index is 0. The molecule has 2 aromatic heterocycles. The van der Waals surface area contributed by atoms with Crippen molar-refractivity contribution in [3.8, 4) is 5.82 Å². The van der Waals surface area contributed by atoms with Crippen LogP contribution in [0.3, 0.4) is 0 Å². The van der Waals surface area contributed by atoms with E-state index in [2.05, 4.69) is 37.1 Å². The number of hydrogen-bond donors (Lipinski definition) is 3. The Bertz CT molecular complexity index is 1020. The Morgan fingerprint density at radius 3 is 2.39 bits per heavy atom. The number of nitrogens with zero attached hydrogens (tertiary/aromatic N) is 4. The van der Waals surface area contributed by atoms with Crippen LogP contribution in [0.2, 0.25) is 0 Å². The number of hydrogen-bond acceptors (Lipinski definition) is 6. The van der Waals surface area contributed by atoms with E-state index in [1.807, 2.05) is 39.1 Å². The minimum Gasteiger partial charge on any atom is -0.324 e. The Morgan fingerprint density at radius 1 is 1.06 bits per heavy atom. The van der Waals surface area contributed by atoms with E-state index in [1.54, 1.807) is 0 Å². The molecule has 0 atom stereocenters. The van der Waals surface area contributed by atoms with Crippen LogP contribution in [0.5, 0.6) is 0 Å². The monoisotopic (exact) mass is 517 g/mol. The fourth-order valence-electron chi connectivity index (χ4n) is 3.81. The molecule has 1 fully saturated rings. The molecule has 7 nitrogen and oxygen atoms in total. The molecule has 1 aliphatic heterocycles. The van der Waals surface area contributed by atoms with Crippen LogP contribution in [-0.4, -0.2) is 38.9 Å². The zero-order chi connectivity index (χ0) is 21.1. The topological polar surface area (TPSA) is 79.7 Å². The van der Waals surface area contributed by atoms with Crippen LogP contribution in [0.25, 0.3) is 5.82 Å². The molecule has 0 radical (unpaired) electrons. The molecule has 3 aromatic rings. The summed E-state index contributed by atoms with van der Waals surface area (Å²) in [7, 11) is 0. The molecular weight excluding hydrogens is 488 g/mol. The number of anilines is 2. The maximum atomic E-state index is 14.5. The summed E-state index contributed by atoms with van der Waals surface area (Å²) >= 11 is 0. The molecule has 11 heteroatoms. The van der Waals surface area contributed by atoms with Crippen molar-refractivity contribution < 1.29 is 4.39 Å². The van der Waals surface area contributed by atoms with Crippen LogP contribution >= 0.6 is 37.2 Å². The standard InChI is InChI=1S/C22H28FN7.3ClH/c1-14-8-15(2)10-19(9-14)27-22-26-12-20(23)21(28-22)30-13-17(16(3)29-30)11-25-18-4-6-24-7-5-18;;;/h8-10,12-13,18,24-25H,4-7,11H2,1-3H3,(H,26,27,28);3*1H. The van der Waals surface area contributed by atoms with Gasteiger partial charge in [-0.25, -0.2) is 14.1 Å². The van der Waals surface area contributed by atoms with Gasteiger partial charge in [-0.3, -0.25) is 0 Å². The molecule has 4 rings (SSSR count). The lowest BCUT2D eigenvalue weighted by Crippen LogP contribution is -2.39. The Kier molecular flexibility index (Phi) is 11.5. The van der Waals surface area contributed by atoms with Crippen LogP contribution in [0, 0.1) is 26.6 Å². The lowest BCUT2D eigenvalue weighted by atomic mass is 10.1. The summed E-state index contributed by atoms with van der Waals surface area (Å²) in [6.07, 6.45) is 5.25. The van der Waals surface area contributed by atoms with Gasteiger partial charge in [-0.05, 0) is 70.0 Å². The summed E-state index contributed by atoms with van der Waals surface area (Å²) < 4.78 is 16.0. The second kappa shape index (κ2) is 13.1. The highest BCUT2D eigenvalue weighted by Crippen LogP contribution is 2.20. The number of piperidine rings is 1. The van der Waals surface area contributed by atoms with Gasteiger partial charge < -0.3 is 16.0 Å². The lowest BCUT2D eigenvalue weighted by Gasteiger charge is -2.23. The third-order valence-corrected chi connectivity index (χ3v) is 5.34. The normalized spacial score (nSPS) is 13.5. The fourth-order valence-corrected chi connectivity index (χ4v) is 3.81. The van der Waals surface area contributed by atoms with Gasteiger partial charge in [-0.1, -0.05) is 6.07 Å². The molecule has 182 valence electrons. The van der Waals surface area contributed by atoms with Crippen LogP contribution in [0.15, 0.2) is 30.6 Å². The van der Waals surface area contributed by atoms with Gasteiger partial charge in [0.15, 0.2) is 11.6 Å². The number of rotatable bonds is 6. The van der Waals surface area contributed by atoms with Gasteiger partial charge in [0.2, 0.25) is 5.95 Å². The summed E-state index contributed by atoms with van der Waals surface area (Å²) in [6.45, 7) is 8.78. The molecule has 1 aliphatic rings. The molecule has 3 heterocycles. The van der Waals surface area contributed by atoms with Gasteiger partial charge in [0.1, 0.15) is 0 Å². The molecule has 0 amide bonds. The molecule has 1 aromatic carbocycles. The van der Waals surface area contributed by atoms with Crippen LogP contribution in [0.4, 0.5) is 16.0 Å². The average Bonchev–Trinajstić information content (AvgIpc) is 3.08. The predicted molar refractivity (Wildman–Crippen MR) is 138 cm³/mol. The molecular formula is C22H31Cl3FN7. The van der Waals surface area contributed by atoms with Crippen molar-refractivity contribution in [2.24, 2.45) is 0 Å². The third-order valence-electron chi connectivity index (χ3n) is 5.34. The highest BCUT2D eigenvalue weighted by Gasteiger charge is 2.16. The second-order valence-corrected chi connectivity index (χ2v) is 7.96. The minimum atomic E-state index is -0.513. The average molecular weight is 519 g/mol. The van der Waals surface area contributed by atoms with Gasteiger partial charge in [-0.2, -0.15) is 10.1 Å². The highest BCUT2D eigenvalue weighted by atomic mass is 35.5. The second-order valence-electron chi connectivity index (χ2n) is 7.96. The van der Waals surface area contributed by atoms with Crippen molar-refractivity contribution in [1.29, 1.82) is 0 Å². The number of halogens is 4. The maximum Gasteiger partial charge on any atom is 0.229 e.